The molecule has 120 valence electrons. The predicted octanol–water partition coefficient (Wildman–Crippen LogP) is 1.50. The standard InChI is InChI=1S/C14H20N4O3S/c1-14(2,21-13(16)19)8-11(17-18-12(15)22)9-4-6-10(20-3)7-5-9/h4-7H,8H2,1-3H3,(H2,16,19)(H3,15,18,22). The number of carbonyl (C=O) groups is 1. The van der Waals surface area contributed by atoms with E-state index in [1.165, 1.54) is 0 Å². The van der Waals surface area contributed by atoms with E-state index in [-0.39, 0.29) is 5.11 Å². The number of nitrogens with two attached hydrogens (primary N) is 2. The molecule has 0 radical (unpaired) electrons. The molecule has 0 saturated carbocycles. The quantitative estimate of drug-likeness (QED) is 0.415. The Balaban J connectivity index is 3.04. The van der Waals surface area contributed by atoms with Crippen molar-refractivity contribution in [3.63, 3.8) is 0 Å². The minimum Gasteiger partial charge on any atom is -0.497 e. The summed E-state index contributed by atoms with van der Waals surface area (Å²) in [7, 11) is 1.59. The molecule has 1 rings (SSSR count). The lowest BCUT2D eigenvalue weighted by molar-refractivity contribution is 0.0513. The third kappa shape index (κ3) is 5.96. The molecule has 0 spiro atoms. The Hall–Kier alpha value is -2.35. The Bertz CT molecular complexity index is 570. The molecule has 0 bridgehead atoms. The van der Waals surface area contributed by atoms with Gasteiger partial charge < -0.3 is 20.9 Å². The SMILES string of the molecule is COc1ccc(C(CC(C)(C)OC(N)=O)=NNC(N)=S)cc1. The maximum absolute atomic E-state index is 11.0. The van der Waals surface area contributed by atoms with Gasteiger partial charge in [0.2, 0.25) is 0 Å². The van der Waals surface area contributed by atoms with Gasteiger partial charge in [-0.2, -0.15) is 5.10 Å². The highest BCUT2D eigenvalue weighted by atomic mass is 32.1. The Kier molecular flexibility index (Phi) is 6.11. The third-order valence-corrected chi connectivity index (χ3v) is 2.79. The van der Waals surface area contributed by atoms with Crippen LogP contribution in [0.5, 0.6) is 5.75 Å². The zero-order valence-corrected chi connectivity index (χ0v) is 13.6. The molecular weight excluding hydrogens is 304 g/mol. The molecule has 0 unspecified atom stereocenters. The first-order chi connectivity index (χ1) is 10.2. The number of rotatable bonds is 6. The molecule has 22 heavy (non-hydrogen) atoms. The number of nitrogens with zero attached hydrogens (tertiary/aromatic N) is 1. The van der Waals surface area contributed by atoms with Gasteiger partial charge in [-0.25, -0.2) is 4.79 Å². The van der Waals surface area contributed by atoms with E-state index in [2.05, 4.69) is 10.5 Å². The van der Waals surface area contributed by atoms with Crippen molar-refractivity contribution in [1.29, 1.82) is 0 Å². The highest BCUT2D eigenvalue weighted by Crippen LogP contribution is 2.20. The van der Waals surface area contributed by atoms with Crippen LogP contribution in [0.2, 0.25) is 0 Å². The topological polar surface area (TPSA) is 112 Å². The molecule has 0 atom stereocenters. The number of benzene rings is 1. The van der Waals surface area contributed by atoms with Gasteiger partial charge in [0.25, 0.3) is 0 Å². The fraction of sp³-hybridized carbons (Fsp3) is 0.357. The number of methoxy groups -OCH3 is 1. The van der Waals surface area contributed by atoms with Crippen molar-refractivity contribution in [2.45, 2.75) is 25.9 Å². The average molecular weight is 324 g/mol. The molecule has 7 nitrogen and oxygen atoms in total. The van der Waals surface area contributed by atoms with Crippen molar-refractivity contribution in [3.05, 3.63) is 29.8 Å². The number of hydrogen-bond acceptors (Lipinski definition) is 5. The number of amides is 1. The van der Waals surface area contributed by atoms with E-state index in [1.54, 1.807) is 33.1 Å². The van der Waals surface area contributed by atoms with E-state index >= 15 is 0 Å². The van der Waals surface area contributed by atoms with Crippen molar-refractivity contribution >= 4 is 29.1 Å². The van der Waals surface area contributed by atoms with Crippen LogP contribution >= 0.6 is 12.2 Å². The zero-order valence-electron chi connectivity index (χ0n) is 12.8. The van der Waals surface area contributed by atoms with E-state index in [4.69, 9.17) is 33.2 Å². The summed E-state index contributed by atoms with van der Waals surface area (Å²) in [5.74, 6) is 0.720. The molecule has 1 aromatic carbocycles. The molecule has 0 aliphatic heterocycles. The van der Waals surface area contributed by atoms with Crippen LogP contribution in [0.15, 0.2) is 29.4 Å². The lowest BCUT2D eigenvalue weighted by atomic mass is 9.96. The minimum absolute atomic E-state index is 0.0413. The molecule has 0 heterocycles. The molecule has 0 aliphatic rings. The third-order valence-electron chi connectivity index (χ3n) is 2.69. The molecule has 1 aromatic rings. The van der Waals surface area contributed by atoms with Crippen molar-refractivity contribution in [3.8, 4) is 5.75 Å². The predicted molar refractivity (Wildman–Crippen MR) is 88.8 cm³/mol. The summed E-state index contributed by atoms with van der Waals surface area (Å²) in [6.45, 7) is 3.47. The van der Waals surface area contributed by atoms with Gasteiger partial charge in [0.15, 0.2) is 5.11 Å². The molecule has 0 aliphatic carbocycles. The summed E-state index contributed by atoms with van der Waals surface area (Å²) in [6, 6.07) is 7.26. The van der Waals surface area contributed by atoms with Crippen LogP contribution in [-0.4, -0.2) is 29.6 Å². The summed E-state index contributed by atoms with van der Waals surface area (Å²) in [4.78, 5) is 11.0. The molecule has 0 aromatic heterocycles. The second-order valence-electron chi connectivity index (χ2n) is 5.12. The Morgan fingerprint density at radius 1 is 1.32 bits per heavy atom. The van der Waals surface area contributed by atoms with Gasteiger partial charge in [-0.15, -0.1) is 0 Å². The van der Waals surface area contributed by atoms with Crippen LogP contribution in [0.1, 0.15) is 25.8 Å². The van der Waals surface area contributed by atoms with Gasteiger partial charge in [-0.1, -0.05) is 0 Å². The lowest BCUT2D eigenvalue weighted by Crippen LogP contribution is -2.35. The van der Waals surface area contributed by atoms with Gasteiger partial charge in [-0.3, -0.25) is 5.43 Å². The Morgan fingerprint density at radius 2 is 1.91 bits per heavy atom. The minimum atomic E-state index is -0.846. The fourth-order valence-electron chi connectivity index (χ4n) is 1.82. The van der Waals surface area contributed by atoms with Crippen molar-refractivity contribution in [2.75, 3.05) is 7.11 Å². The Morgan fingerprint density at radius 3 is 2.36 bits per heavy atom. The fourth-order valence-corrected chi connectivity index (χ4v) is 1.87. The van der Waals surface area contributed by atoms with Gasteiger partial charge in [0.05, 0.1) is 12.8 Å². The summed E-state index contributed by atoms with van der Waals surface area (Å²) in [6.07, 6.45) is -0.529. The van der Waals surface area contributed by atoms with Crippen LogP contribution in [0.4, 0.5) is 4.79 Å². The summed E-state index contributed by atoms with van der Waals surface area (Å²) in [5.41, 5.74) is 13.6. The number of carbonyl (C=O) groups excluding carboxylic acids is 1. The Labute approximate surface area is 134 Å². The van der Waals surface area contributed by atoms with Crippen molar-refractivity contribution in [1.82, 2.24) is 5.43 Å². The molecule has 0 fully saturated rings. The van der Waals surface area contributed by atoms with E-state index in [1.807, 2.05) is 12.1 Å². The smallest absolute Gasteiger partial charge is 0.405 e. The van der Waals surface area contributed by atoms with Gasteiger partial charge in [0, 0.05) is 6.42 Å². The second kappa shape index (κ2) is 7.60. The summed E-state index contributed by atoms with van der Waals surface area (Å²) in [5, 5.41) is 4.21. The number of ether oxygens (including phenoxy) is 2. The molecule has 0 saturated heterocycles. The van der Waals surface area contributed by atoms with Crippen LogP contribution in [-0.2, 0) is 4.74 Å². The first-order valence-corrected chi connectivity index (χ1v) is 6.89. The first kappa shape index (κ1) is 17.7. The zero-order chi connectivity index (χ0) is 16.8. The second-order valence-corrected chi connectivity index (χ2v) is 5.56. The number of nitrogens with one attached hydrogen (secondary N) is 1. The van der Waals surface area contributed by atoms with E-state index in [0.29, 0.717) is 12.1 Å². The average Bonchev–Trinajstić information content (AvgIpc) is 2.42. The largest absolute Gasteiger partial charge is 0.497 e. The monoisotopic (exact) mass is 324 g/mol. The molecule has 5 N–H and O–H groups in total. The highest BCUT2D eigenvalue weighted by Gasteiger charge is 2.25. The van der Waals surface area contributed by atoms with Gasteiger partial charge in [-0.05, 0) is 55.9 Å². The lowest BCUT2D eigenvalue weighted by Gasteiger charge is -2.24. The summed E-state index contributed by atoms with van der Waals surface area (Å²) >= 11 is 4.75. The first-order valence-electron chi connectivity index (χ1n) is 6.48. The number of hydrazone groups is 1. The van der Waals surface area contributed by atoms with Gasteiger partial charge >= 0.3 is 6.09 Å². The number of thiocarbonyl (C=S) groups is 1. The number of primary amides is 1. The molecule has 8 heteroatoms. The number of hydrogen-bond donors (Lipinski definition) is 3. The van der Waals surface area contributed by atoms with Crippen molar-refractivity contribution < 1.29 is 14.3 Å². The van der Waals surface area contributed by atoms with Crippen LogP contribution in [0.3, 0.4) is 0 Å². The summed E-state index contributed by atoms with van der Waals surface area (Å²) < 4.78 is 10.2. The normalized spacial score (nSPS) is 11.7. The van der Waals surface area contributed by atoms with Crippen LogP contribution in [0, 0.1) is 0 Å². The van der Waals surface area contributed by atoms with Crippen LogP contribution in [0.25, 0.3) is 0 Å². The van der Waals surface area contributed by atoms with Gasteiger partial charge in [0.1, 0.15) is 11.4 Å². The highest BCUT2D eigenvalue weighted by molar-refractivity contribution is 7.80. The van der Waals surface area contributed by atoms with E-state index in [0.717, 1.165) is 11.3 Å². The maximum atomic E-state index is 11.0. The van der Waals surface area contributed by atoms with E-state index in [9.17, 15) is 4.79 Å². The van der Waals surface area contributed by atoms with E-state index < -0.39 is 11.7 Å². The maximum Gasteiger partial charge on any atom is 0.405 e. The van der Waals surface area contributed by atoms with Crippen LogP contribution < -0.4 is 21.6 Å². The molecule has 1 amide bonds. The molecular formula is C14H20N4O3S. The van der Waals surface area contributed by atoms with Crippen molar-refractivity contribution in [2.24, 2.45) is 16.6 Å².